The molecule has 0 bridgehead atoms. The fourth-order valence-corrected chi connectivity index (χ4v) is 1.81. The van der Waals surface area contributed by atoms with Crippen molar-refractivity contribution in [2.24, 2.45) is 4.99 Å². The van der Waals surface area contributed by atoms with E-state index in [1.807, 2.05) is 0 Å². The van der Waals surface area contributed by atoms with Crippen LogP contribution in [0.15, 0.2) is 4.99 Å². The summed E-state index contributed by atoms with van der Waals surface area (Å²) in [7, 11) is 0. The highest BCUT2D eigenvalue weighted by Crippen LogP contribution is 2.24. The Bertz CT molecular complexity index is 424. The maximum absolute atomic E-state index is 10.9. The molecule has 4 heteroatoms. The van der Waals surface area contributed by atoms with Crippen LogP contribution >= 0.6 is 0 Å². The summed E-state index contributed by atoms with van der Waals surface area (Å²) in [6, 6.07) is 0. The Kier molecular flexibility index (Phi) is 2.21. The van der Waals surface area contributed by atoms with E-state index in [2.05, 4.69) is 35.3 Å². The van der Waals surface area contributed by atoms with E-state index in [1.54, 1.807) is 6.21 Å². The number of fused-ring (bicyclic) bond motifs is 1. The summed E-state index contributed by atoms with van der Waals surface area (Å²) in [5.41, 5.74) is 1.31. The molecule has 0 N–H and O–H groups in total. The molecule has 0 unspecified atom stereocenters. The van der Waals surface area contributed by atoms with Crippen LogP contribution in [0.5, 0.6) is 0 Å². The number of nitrogens with zero attached hydrogens (tertiary/aromatic N) is 3. The molecule has 0 fully saturated rings. The predicted octanol–water partition coefficient (Wildman–Crippen LogP) is 1.43. The van der Waals surface area contributed by atoms with Gasteiger partial charge in [-0.05, 0) is 0 Å². The van der Waals surface area contributed by atoms with Gasteiger partial charge in [0.15, 0.2) is 6.29 Å². The van der Waals surface area contributed by atoms with Gasteiger partial charge in [-0.25, -0.2) is 4.98 Å². The Morgan fingerprint density at radius 2 is 2.20 bits per heavy atom. The number of imidazole rings is 1. The Morgan fingerprint density at radius 1 is 1.47 bits per heavy atom. The first-order valence-corrected chi connectivity index (χ1v) is 5.10. The monoisotopic (exact) mass is 205 g/mol. The van der Waals surface area contributed by atoms with Crippen LogP contribution in [0.3, 0.4) is 0 Å². The third kappa shape index (κ3) is 1.60. The number of hydrogen-bond donors (Lipinski definition) is 0. The minimum Gasteiger partial charge on any atom is -0.324 e. The summed E-state index contributed by atoms with van der Waals surface area (Å²) >= 11 is 0. The van der Waals surface area contributed by atoms with Crippen molar-refractivity contribution in [2.45, 2.75) is 32.7 Å². The molecular formula is C11H15N3O. The van der Waals surface area contributed by atoms with Crippen LogP contribution in [0, 0.1) is 0 Å². The van der Waals surface area contributed by atoms with E-state index in [1.165, 1.54) is 0 Å². The van der Waals surface area contributed by atoms with E-state index >= 15 is 0 Å². The van der Waals surface area contributed by atoms with Crippen molar-refractivity contribution in [2.75, 3.05) is 6.54 Å². The number of hydrogen-bond acceptors (Lipinski definition) is 3. The molecule has 4 nitrogen and oxygen atoms in total. The zero-order valence-electron chi connectivity index (χ0n) is 9.32. The number of aliphatic imine (C=N–C) groups is 1. The second-order valence-corrected chi connectivity index (χ2v) is 4.76. The summed E-state index contributed by atoms with van der Waals surface area (Å²) in [6.07, 6.45) is 2.55. The molecule has 80 valence electrons. The molecule has 0 atom stereocenters. The average molecular weight is 205 g/mol. The molecular weight excluding hydrogens is 190 g/mol. The van der Waals surface area contributed by atoms with Crippen molar-refractivity contribution in [3.63, 3.8) is 0 Å². The molecule has 0 saturated carbocycles. The van der Waals surface area contributed by atoms with Crippen molar-refractivity contribution in [1.82, 2.24) is 9.55 Å². The van der Waals surface area contributed by atoms with E-state index in [0.29, 0.717) is 5.69 Å². The first-order valence-electron chi connectivity index (χ1n) is 5.10. The average Bonchev–Trinajstić information content (AvgIpc) is 2.55. The molecule has 0 saturated heterocycles. The van der Waals surface area contributed by atoms with Gasteiger partial charge in [0.05, 0.1) is 12.2 Å². The molecule has 0 spiro atoms. The SMILES string of the molecule is CC(C)(C)c1nc(C=O)c2n1CCN=C2. The molecule has 2 heterocycles. The van der Waals surface area contributed by atoms with Crippen LogP contribution in [0.1, 0.15) is 42.8 Å². The van der Waals surface area contributed by atoms with E-state index < -0.39 is 0 Å². The van der Waals surface area contributed by atoms with E-state index in [4.69, 9.17) is 0 Å². The fourth-order valence-electron chi connectivity index (χ4n) is 1.81. The number of rotatable bonds is 1. The number of carbonyl (C=O) groups excluding carboxylic acids is 1. The molecule has 1 aliphatic rings. The van der Waals surface area contributed by atoms with Crippen molar-refractivity contribution in [3.05, 3.63) is 17.2 Å². The number of carbonyl (C=O) groups is 1. The Morgan fingerprint density at radius 3 is 2.80 bits per heavy atom. The topological polar surface area (TPSA) is 47.2 Å². The van der Waals surface area contributed by atoms with Gasteiger partial charge < -0.3 is 4.57 Å². The molecule has 15 heavy (non-hydrogen) atoms. The van der Waals surface area contributed by atoms with Crippen molar-refractivity contribution in [1.29, 1.82) is 0 Å². The third-order valence-corrected chi connectivity index (χ3v) is 2.48. The standard InChI is InChI=1S/C11H15N3O/c1-11(2,3)10-13-8(7-15)9-6-12-4-5-14(9)10/h6-7H,4-5H2,1-3H3. The minimum absolute atomic E-state index is 0.0405. The normalized spacial score (nSPS) is 15.1. The van der Waals surface area contributed by atoms with Gasteiger partial charge in [0.2, 0.25) is 0 Å². The van der Waals surface area contributed by atoms with Gasteiger partial charge in [-0.3, -0.25) is 9.79 Å². The lowest BCUT2D eigenvalue weighted by Gasteiger charge is -2.21. The summed E-state index contributed by atoms with van der Waals surface area (Å²) < 4.78 is 2.09. The lowest BCUT2D eigenvalue weighted by atomic mass is 9.95. The summed E-state index contributed by atoms with van der Waals surface area (Å²) in [4.78, 5) is 19.4. The van der Waals surface area contributed by atoms with Crippen LogP contribution in [0.2, 0.25) is 0 Å². The van der Waals surface area contributed by atoms with E-state index in [0.717, 1.165) is 30.9 Å². The van der Waals surface area contributed by atoms with E-state index in [9.17, 15) is 4.79 Å². The van der Waals surface area contributed by atoms with Gasteiger partial charge in [0, 0.05) is 18.2 Å². The zero-order valence-corrected chi connectivity index (χ0v) is 9.32. The summed E-state index contributed by atoms with van der Waals surface area (Å²) in [5.74, 6) is 0.964. The second-order valence-electron chi connectivity index (χ2n) is 4.76. The predicted molar refractivity (Wildman–Crippen MR) is 58.8 cm³/mol. The van der Waals surface area contributed by atoms with Gasteiger partial charge in [-0.1, -0.05) is 20.8 Å². The van der Waals surface area contributed by atoms with Crippen molar-refractivity contribution in [3.8, 4) is 0 Å². The molecule has 0 aliphatic carbocycles. The first-order chi connectivity index (χ1) is 7.04. The van der Waals surface area contributed by atoms with Crippen LogP contribution in [0.25, 0.3) is 0 Å². The van der Waals surface area contributed by atoms with Gasteiger partial charge in [0.1, 0.15) is 11.5 Å². The maximum Gasteiger partial charge on any atom is 0.170 e. The van der Waals surface area contributed by atoms with Crippen molar-refractivity contribution < 1.29 is 4.79 Å². The van der Waals surface area contributed by atoms with Gasteiger partial charge >= 0.3 is 0 Å². The summed E-state index contributed by atoms with van der Waals surface area (Å²) in [6.45, 7) is 7.89. The second kappa shape index (κ2) is 3.29. The largest absolute Gasteiger partial charge is 0.324 e. The maximum atomic E-state index is 10.9. The summed E-state index contributed by atoms with van der Waals surface area (Å²) in [5, 5.41) is 0. The lowest BCUT2D eigenvalue weighted by molar-refractivity contribution is 0.111. The highest BCUT2D eigenvalue weighted by atomic mass is 16.1. The van der Waals surface area contributed by atoms with Gasteiger partial charge in [-0.15, -0.1) is 0 Å². The molecule has 1 aromatic rings. The Hall–Kier alpha value is -1.45. The lowest BCUT2D eigenvalue weighted by Crippen LogP contribution is -2.22. The molecule has 2 rings (SSSR count). The number of aromatic nitrogens is 2. The molecule has 0 amide bonds. The quantitative estimate of drug-likeness (QED) is 0.651. The van der Waals surface area contributed by atoms with Crippen molar-refractivity contribution >= 4 is 12.5 Å². The zero-order chi connectivity index (χ0) is 11.1. The molecule has 0 radical (unpaired) electrons. The molecule has 1 aliphatic heterocycles. The van der Waals surface area contributed by atoms with Crippen LogP contribution in [-0.2, 0) is 12.0 Å². The highest BCUT2D eigenvalue weighted by Gasteiger charge is 2.25. The van der Waals surface area contributed by atoms with Gasteiger partial charge in [0.25, 0.3) is 0 Å². The van der Waals surface area contributed by atoms with E-state index in [-0.39, 0.29) is 5.41 Å². The Balaban J connectivity index is 2.63. The smallest absolute Gasteiger partial charge is 0.170 e. The van der Waals surface area contributed by atoms with Gasteiger partial charge in [-0.2, -0.15) is 0 Å². The molecule has 1 aromatic heterocycles. The molecule has 0 aromatic carbocycles. The van der Waals surface area contributed by atoms with Crippen LogP contribution in [0.4, 0.5) is 0 Å². The minimum atomic E-state index is -0.0405. The Labute approximate surface area is 89.0 Å². The highest BCUT2D eigenvalue weighted by molar-refractivity contribution is 5.90. The third-order valence-electron chi connectivity index (χ3n) is 2.48. The number of aldehydes is 1. The fraction of sp³-hybridized carbons (Fsp3) is 0.545. The first kappa shape index (κ1) is 10.1. The van der Waals surface area contributed by atoms with Crippen LogP contribution < -0.4 is 0 Å². The van der Waals surface area contributed by atoms with Crippen LogP contribution in [-0.4, -0.2) is 28.6 Å².